The third-order valence-electron chi connectivity index (χ3n) is 2.26. The summed E-state index contributed by atoms with van der Waals surface area (Å²) in [6, 6.07) is 0. The van der Waals surface area contributed by atoms with Gasteiger partial charge in [-0.2, -0.15) is 11.8 Å². The third kappa shape index (κ3) is 8.78. The van der Waals surface area contributed by atoms with Crippen molar-refractivity contribution in [3.8, 4) is 0 Å². The van der Waals surface area contributed by atoms with Crippen LogP contribution in [0.2, 0.25) is 0 Å². The zero-order valence-electron chi connectivity index (χ0n) is 9.61. The monoisotopic (exact) mass is 234 g/mol. The molecule has 90 valence electrons. The molecule has 0 aromatic rings. The number of hydrogen-bond donors (Lipinski definition) is 2. The summed E-state index contributed by atoms with van der Waals surface area (Å²) in [5.41, 5.74) is 0. The van der Waals surface area contributed by atoms with Crippen molar-refractivity contribution in [3.05, 3.63) is 12.3 Å². The smallest absolute Gasteiger partial charge is 0.144 e. The lowest BCUT2D eigenvalue weighted by molar-refractivity contribution is -0.201. The molecule has 4 heteroatoms. The average Bonchev–Trinajstić information content (AvgIpc) is 2.23. The maximum atomic E-state index is 8.90. The van der Waals surface area contributed by atoms with Gasteiger partial charge >= 0.3 is 0 Å². The molecule has 0 aliphatic rings. The summed E-state index contributed by atoms with van der Waals surface area (Å²) < 4.78 is 0. The largest absolute Gasteiger partial charge is 0.396 e. The number of rotatable bonds is 9. The Hall–Kier alpha value is -0.190. The first kappa shape index (κ1) is 14.8. The van der Waals surface area contributed by atoms with Gasteiger partial charge < -0.3 is 9.99 Å². The molecule has 0 aliphatic carbocycles. The van der Waals surface area contributed by atoms with Gasteiger partial charge in [0, 0.05) is 6.61 Å². The van der Waals surface area contributed by atoms with Crippen molar-refractivity contribution in [2.24, 2.45) is 11.8 Å². The SMILES string of the molecule is C=C(CSCCC(C)CC(C)CO)OO. The average molecular weight is 234 g/mol. The molecule has 2 atom stereocenters. The van der Waals surface area contributed by atoms with Crippen LogP contribution in [0.3, 0.4) is 0 Å². The summed E-state index contributed by atoms with van der Waals surface area (Å²) in [4.78, 5) is 3.99. The van der Waals surface area contributed by atoms with Crippen LogP contribution in [0.1, 0.15) is 26.7 Å². The highest BCUT2D eigenvalue weighted by atomic mass is 32.2. The molecule has 15 heavy (non-hydrogen) atoms. The van der Waals surface area contributed by atoms with Gasteiger partial charge in [0.2, 0.25) is 0 Å². The summed E-state index contributed by atoms with van der Waals surface area (Å²) in [6.45, 7) is 8.05. The van der Waals surface area contributed by atoms with Crippen LogP contribution in [0.5, 0.6) is 0 Å². The Morgan fingerprint density at radius 3 is 2.60 bits per heavy atom. The lowest BCUT2D eigenvalue weighted by Gasteiger charge is -2.14. The maximum absolute atomic E-state index is 8.90. The quantitative estimate of drug-likeness (QED) is 0.279. The topological polar surface area (TPSA) is 49.7 Å². The van der Waals surface area contributed by atoms with E-state index in [1.165, 1.54) is 0 Å². The van der Waals surface area contributed by atoms with Gasteiger partial charge in [-0.25, -0.2) is 5.26 Å². The van der Waals surface area contributed by atoms with Gasteiger partial charge in [0.15, 0.2) is 0 Å². The molecule has 0 saturated heterocycles. The van der Waals surface area contributed by atoms with Crippen LogP contribution in [0, 0.1) is 11.8 Å². The number of aliphatic hydroxyl groups is 1. The molecule has 0 fully saturated rings. The summed E-state index contributed by atoms with van der Waals surface area (Å²) in [6.07, 6.45) is 2.18. The molecule has 0 spiro atoms. The summed E-state index contributed by atoms with van der Waals surface area (Å²) in [5, 5.41) is 17.2. The van der Waals surface area contributed by atoms with E-state index in [9.17, 15) is 0 Å². The van der Waals surface area contributed by atoms with Gasteiger partial charge in [0.1, 0.15) is 5.76 Å². The Morgan fingerprint density at radius 2 is 2.07 bits per heavy atom. The molecule has 0 radical (unpaired) electrons. The molecular formula is C11H22O3S. The number of thioether (sulfide) groups is 1. The van der Waals surface area contributed by atoms with Crippen LogP contribution in [0.4, 0.5) is 0 Å². The van der Waals surface area contributed by atoms with Crippen LogP contribution in [0.15, 0.2) is 12.3 Å². The van der Waals surface area contributed by atoms with Crippen molar-refractivity contribution in [2.75, 3.05) is 18.1 Å². The standard InChI is InChI=1S/C11H22O3S/c1-9(6-10(2)7-12)4-5-15-8-11(3)14-13/h9-10,12-13H,3-8H2,1-2H3. The highest BCUT2D eigenvalue weighted by Gasteiger charge is 2.07. The second-order valence-electron chi connectivity index (χ2n) is 4.10. The van der Waals surface area contributed by atoms with E-state index in [1.54, 1.807) is 11.8 Å². The Balaban J connectivity index is 3.38. The second kappa shape index (κ2) is 9.07. The van der Waals surface area contributed by atoms with E-state index >= 15 is 0 Å². The summed E-state index contributed by atoms with van der Waals surface area (Å²) in [7, 11) is 0. The molecule has 0 aromatic carbocycles. The molecule has 3 nitrogen and oxygen atoms in total. The Kier molecular flexibility index (Phi) is 8.95. The van der Waals surface area contributed by atoms with Crippen LogP contribution < -0.4 is 0 Å². The molecule has 2 N–H and O–H groups in total. The fourth-order valence-electron chi connectivity index (χ4n) is 1.38. The molecule has 0 aliphatic heterocycles. The number of aliphatic hydroxyl groups excluding tert-OH is 1. The van der Waals surface area contributed by atoms with Crippen molar-refractivity contribution in [1.29, 1.82) is 0 Å². The fourth-order valence-corrected chi connectivity index (χ4v) is 2.37. The zero-order valence-corrected chi connectivity index (χ0v) is 10.4. The second-order valence-corrected chi connectivity index (χ2v) is 5.21. The normalized spacial score (nSPS) is 14.7. The molecule has 0 aromatic heterocycles. The van der Waals surface area contributed by atoms with Gasteiger partial charge in [0.25, 0.3) is 0 Å². The van der Waals surface area contributed by atoms with Gasteiger partial charge in [-0.05, 0) is 30.4 Å². The van der Waals surface area contributed by atoms with Crippen LogP contribution >= 0.6 is 11.8 Å². The maximum Gasteiger partial charge on any atom is 0.144 e. The van der Waals surface area contributed by atoms with Gasteiger partial charge in [-0.1, -0.05) is 20.4 Å². The van der Waals surface area contributed by atoms with Crippen molar-refractivity contribution in [3.63, 3.8) is 0 Å². The third-order valence-corrected chi connectivity index (χ3v) is 3.31. The minimum absolute atomic E-state index is 0.270. The van der Waals surface area contributed by atoms with E-state index in [1.807, 2.05) is 0 Å². The van der Waals surface area contributed by atoms with E-state index in [4.69, 9.17) is 10.4 Å². The van der Waals surface area contributed by atoms with E-state index < -0.39 is 0 Å². The van der Waals surface area contributed by atoms with E-state index in [0.717, 1.165) is 18.6 Å². The van der Waals surface area contributed by atoms with E-state index in [0.29, 0.717) is 23.3 Å². The molecule has 0 rings (SSSR count). The van der Waals surface area contributed by atoms with Crippen LogP contribution in [-0.4, -0.2) is 28.5 Å². The predicted octanol–water partition coefficient (Wildman–Crippen LogP) is 2.77. The van der Waals surface area contributed by atoms with Gasteiger partial charge in [-0.3, -0.25) is 0 Å². The number of hydrogen-bond acceptors (Lipinski definition) is 4. The highest BCUT2D eigenvalue weighted by Crippen LogP contribution is 2.18. The Labute approximate surface area is 96.5 Å². The molecule has 0 heterocycles. The Morgan fingerprint density at radius 1 is 1.40 bits per heavy atom. The summed E-state index contributed by atoms with van der Waals surface area (Å²) in [5.74, 6) is 3.08. The van der Waals surface area contributed by atoms with Crippen molar-refractivity contribution in [1.82, 2.24) is 0 Å². The van der Waals surface area contributed by atoms with Crippen molar-refractivity contribution >= 4 is 11.8 Å². The lowest BCUT2D eigenvalue weighted by atomic mass is 9.96. The first-order valence-electron chi connectivity index (χ1n) is 5.28. The Bertz CT molecular complexity index is 173. The molecule has 0 bridgehead atoms. The van der Waals surface area contributed by atoms with Crippen molar-refractivity contribution < 1.29 is 15.3 Å². The molecule has 0 saturated carbocycles. The first-order chi connectivity index (χ1) is 7.10. The summed E-state index contributed by atoms with van der Waals surface area (Å²) >= 11 is 1.70. The van der Waals surface area contributed by atoms with Gasteiger partial charge in [-0.15, -0.1) is 0 Å². The zero-order chi connectivity index (χ0) is 11.7. The van der Waals surface area contributed by atoms with Crippen molar-refractivity contribution in [2.45, 2.75) is 26.7 Å². The van der Waals surface area contributed by atoms with Gasteiger partial charge in [0.05, 0.1) is 5.75 Å². The van der Waals surface area contributed by atoms with E-state index in [-0.39, 0.29) is 6.61 Å². The fraction of sp³-hybridized carbons (Fsp3) is 0.818. The highest BCUT2D eigenvalue weighted by molar-refractivity contribution is 7.99. The van der Waals surface area contributed by atoms with Crippen LogP contribution in [-0.2, 0) is 4.89 Å². The molecule has 2 unspecified atom stereocenters. The minimum Gasteiger partial charge on any atom is -0.396 e. The molecule has 0 amide bonds. The van der Waals surface area contributed by atoms with Crippen LogP contribution in [0.25, 0.3) is 0 Å². The first-order valence-corrected chi connectivity index (χ1v) is 6.43. The predicted molar refractivity (Wildman–Crippen MR) is 64.8 cm³/mol. The minimum atomic E-state index is 0.270. The lowest BCUT2D eigenvalue weighted by Crippen LogP contribution is -2.07. The molecular weight excluding hydrogens is 212 g/mol. The van der Waals surface area contributed by atoms with E-state index in [2.05, 4.69) is 25.3 Å².